The fourth-order valence-corrected chi connectivity index (χ4v) is 7.44. The number of aromatic nitrogens is 3. The van der Waals surface area contributed by atoms with Crippen molar-refractivity contribution in [3.8, 4) is 67.3 Å². The maximum absolute atomic E-state index is 5.41. The second-order valence-corrected chi connectivity index (χ2v) is 16.1. The molecule has 8 aromatic rings. The van der Waals surface area contributed by atoms with Crippen LogP contribution in [0, 0.1) is 0 Å². The summed E-state index contributed by atoms with van der Waals surface area (Å²) in [6.45, 7) is 13.7. The van der Waals surface area contributed by atoms with Gasteiger partial charge in [-0.05, 0) is 111 Å². The Balaban J connectivity index is 1.35. The third-order valence-electron chi connectivity index (χ3n) is 10.4. The van der Waals surface area contributed by atoms with Gasteiger partial charge in [-0.15, -0.1) is 0 Å². The van der Waals surface area contributed by atoms with Crippen molar-refractivity contribution in [2.45, 2.75) is 52.4 Å². The topological polar surface area (TPSA) is 41.6 Å². The Bertz CT molecular complexity index is 2490. The molecule has 1 aliphatic heterocycles. The Kier molecular flexibility index (Phi) is 6.95. The third kappa shape index (κ3) is 5.45. The van der Waals surface area contributed by atoms with Gasteiger partial charge in [0.25, 0.3) is 0 Å². The lowest BCUT2D eigenvalue weighted by Crippen LogP contribution is -2.11. The van der Waals surface area contributed by atoms with Crippen molar-refractivity contribution < 1.29 is 0 Å². The molecule has 9 rings (SSSR count). The SMILES string of the molecule is CC(C)(C)c1cc2c3[nH]c4c(cc(C(C)(C)C)cc4c3c1)-c1cccc(n1)-c1cc(-c3ccc(-c4ccccc4)cc3)cc(c1)-c1cccc-2n1. The van der Waals surface area contributed by atoms with Crippen molar-refractivity contribution in [3.05, 3.63) is 145 Å². The van der Waals surface area contributed by atoms with Crippen LogP contribution >= 0.6 is 0 Å². The van der Waals surface area contributed by atoms with Gasteiger partial charge in [-0.25, -0.2) is 9.97 Å². The van der Waals surface area contributed by atoms with E-state index < -0.39 is 0 Å². The zero-order valence-electron chi connectivity index (χ0n) is 30.1. The Morgan fingerprint density at radius 3 is 1.25 bits per heavy atom. The van der Waals surface area contributed by atoms with Gasteiger partial charge in [0.15, 0.2) is 0 Å². The highest BCUT2D eigenvalue weighted by Gasteiger charge is 2.24. The molecule has 4 heterocycles. The number of pyridine rings is 2. The van der Waals surface area contributed by atoms with Crippen LogP contribution in [0.5, 0.6) is 0 Å². The summed E-state index contributed by atoms with van der Waals surface area (Å²) in [6, 6.07) is 48.5. The van der Waals surface area contributed by atoms with Crippen molar-refractivity contribution in [3.63, 3.8) is 0 Å². The summed E-state index contributed by atoms with van der Waals surface area (Å²) in [6.07, 6.45) is 0. The van der Waals surface area contributed by atoms with Crippen LogP contribution < -0.4 is 0 Å². The Morgan fingerprint density at radius 1 is 0.373 bits per heavy atom. The summed E-state index contributed by atoms with van der Waals surface area (Å²) >= 11 is 0. The molecule has 8 bridgehead atoms. The van der Waals surface area contributed by atoms with Gasteiger partial charge in [-0.2, -0.15) is 0 Å². The van der Waals surface area contributed by atoms with Crippen LogP contribution in [0.4, 0.5) is 0 Å². The van der Waals surface area contributed by atoms with E-state index in [0.717, 1.165) is 67.2 Å². The molecule has 248 valence electrons. The van der Waals surface area contributed by atoms with E-state index in [1.807, 2.05) is 0 Å². The number of benzene rings is 5. The zero-order valence-corrected chi connectivity index (χ0v) is 30.1. The van der Waals surface area contributed by atoms with Gasteiger partial charge in [0.2, 0.25) is 0 Å². The Morgan fingerprint density at radius 2 is 0.784 bits per heavy atom. The minimum absolute atomic E-state index is 0.0489. The van der Waals surface area contributed by atoms with Crippen LogP contribution in [-0.2, 0) is 10.8 Å². The summed E-state index contributed by atoms with van der Waals surface area (Å²) in [5.74, 6) is 0. The van der Waals surface area contributed by atoms with Crippen molar-refractivity contribution >= 4 is 21.8 Å². The van der Waals surface area contributed by atoms with E-state index in [-0.39, 0.29) is 10.8 Å². The smallest absolute Gasteiger partial charge is 0.0730 e. The second-order valence-electron chi connectivity index (χ2n) is 16.1. The van der Waals surface area contributed by atoms with Gasteiger partial charge < -0.3 is 4.98 Å². The maximum Gasteiger partial charge on any atom is 0.0730 e. The van der Waals surface area contributed by atoms with E-state index in [0.29, 0.717) is 0 Å². The molecule has 1 N–H and O–H groups in total. The van der Waals surface area contributed by atoms with Crippen LogP contribution in [-0.4, -0.2) is 15.0 Å². The molecular formula is C48H41N3. The molecule has 0 atom stereocenters. The van der Waals surface area contributed by atoms with E-state index in [9.17, 15) is 0 Å². The lowest BCUT2D eigenvalue weighted by Gasteiger charge is -2.21. The van der Waals surface area contributed by atoms with Gasteiger partial charge in [-0.1, -0.05) is 108 Å². The molecule has 3 nitrogen and oxygen atoms in total. The fourth-order valence-electron chi connectivity index (χ4n) is 7.44. The lowest BCUT2D eigenvalue weighted by molar-refractivity contribution is 0.590. The molecule has 51 heavy (non-hydrogen) atoms. The normalized spacial score (nSPS) is 12.5. The highest BCUT2D eigenvalue weighted by molar-refractivity contribution is 6.15. The first-order chi connectivity index (χ1) is 24.5. The van der Waals surface area contributed by atoms with Crippen LogP contribution in [0.25, 0.3) is 89.1 Å². The van der Waals surface area contributed by atoms with Crippen LogP contribution in [0.3, 0.4) is 0 Å². The molecule has 0 fully saturated rings. The lowest BCUT2D eigenvalue weighted by atomic mass is 9.83. The Labute approximate surface area is 300 Å². The minimum Gasteiger partial charge on any atom is -0.353 e. The predicted octanol–water partition coefficient (Wildman–Crippen LogP) is 13.0. The summed E-state index contributed by atoms with van der Waals surface area (Å²) in [5, 5.41) is 2.44. The standard InChI is InChI=1S/C48H41N3/c1-47(2,3)35-25-37-38-26-36(48(4,5)6)28-40-44-17-11-15-42(50-44)34-23-32(31-20-18-30(19-21-31)29-12-8-7-9-13-29)22-33(24-34)41-14-10-16-43(49-41)39(27-35)45(37)51-46(38)40/h7-28,51H,1-6H3. The predicted molar refractivity (Wildman–Crippen MR) is 215 cm³/mol. The number of hydrogen-bond donors (Lipinski definition) is 1. The summed E-state index contributed by atoms with van der Waals surface area (Å²) in [7, 11) is 0. The van der Waals surface area contributed by atoms with Gasteiger partial charge >= 0.3 is 0 Å². The summed E-state index contributed by atoms with van der Waals surface area (Å²) < 4.78 is 0. The fraction of sp³-hybridized carbons (Fsp3) is 0.167. The van der Waals surface area contributed by atoms with Gasteiger partial charge in [0.05, 0.1) is 33.8 Å². The Hall–Kier alpha value is -5.80. The van der Waals surface area contributed by atoms with Crippen molar-refractivity contribution in [2.24, 2.45) is 0 Å². The summed E-state index contributed by atoms with van der Waals surface area (Å²) in [4.78, 5) is 14.7. The van der Waals surface area contributed by atoms with Crippen LogP contribution in [0.1, 0.15) is 52.7 Å². The first kappa shape index (κ1) is 31.2. The molecule has 1 aliphatic rings. The molecule has 0 aliphatic carbocycles. The number of H-pyrrole nitrogens is 1. The molecule has 0 saturated heterocycles. The number of rotatable bonds is 2. The molecule has 3 aromatic heterocycles. The van der Waals surface area contributed by atoms with Crippen LogP contribution in [0.15, 0.2) is 133 Å². The zero-order chi connectivity index (χ0) is 35.1. The van der Waals surface area contributed by atoms with Crippen molar-refractivity contribution in [1.29, 1.82) is 0 Å². The molecule has 0 amide bonds. The first-order valence-electron chi connectivity index (χ1n) is 17.9. The average molecular weight is 660 g/mol. The molecule has 0 unspecified atom stereocenters. The number of nitrogens with one attached hydrogen (secondary N) is 1. The number of hydrogen-bond acceptors (Lipinski definition) is 2. The number of nitrogens with zero attached hydrogens (tertiary/aromatic N) is 2. The van der Waals surface area contributed by atoms with Gasteiger partial charge in [-0.3, -0.25) is 0 Å². The number of aromatic amines is 1. The molecule has 0 radical (unpaired) electrons. The average Bonchev–Trinajstić information content (AvgIpc) is 3.52. The van der Waals surface area contributed by atoms with E-state index in [1.54, 1.807) is 0 Å². The van der Waals surface area contributed by atoms with E-state index >= 15 is 0 Å². The van der Waals surface area contributed by atoms with Gasteiger partial charge in [0.1, 0.15) is 0 Å². The highest BCUT2D eigenvalue weighted by atomic mass is 14.8. The monoisotopic (exact) mass is 659 g/mol. The molecule has 3 heteroatoms. The molecule has 0 saturated carbocycles. The van der Waals surface area contributed by atoms with E-state index in [4.69, 9.17) is 9.97 Å². The van der Waals surface area contributed by atoms with E-state index in [2.05, 4.69) is 180 Å². The maximum atomic E-state index is 5.41. The van der Waals surface area contributed by atoms with Crippen molar-refractivity contribution in [1.82, 2.24) is 15.0 Å². The second kappa shape index (κ2) is 11.4. The molecule has 0 spiro atoms. The molecule has 5 aromatic carbocycles. The van der Waals surface area contributed by atoms with E-state index in [1.165, 1.54) is 33.0 Å². The number of fused-ring (bicyclic) bond motifs is 11. The highest BCUT2D eigenvalue weighted by Crippen LogP contribution is 2.43. The summed E-state index contributed by atoms with van der Waals surface area (Å²) in [5.41, 5.74) is 17.5. The molecular weight excluding hydrogens is 619 g/mol. The van der Waals surface area contributed by atoms with Crippen molar-refractivity contribution in [2.75, 3.05) is 0 Å². The van der Waals surface area contributed by atoms with Gasteiger partial charge in [0, 0.05) is 33.0 Å². The quantitative estimate of drug-likeness (QED) is 0.201. The largest absolute Gasteiger partial charge is 0.353 e. The minimum atomic E-state index is -0.0489. The first-order valence-corrected chi connectivity index (χ1v) is 17.9. The van der Waals surface area contributed by atoms with Crippen LogP contribution in [0.2, 0.25) is 0 Å². The third-order valence-corrected chi connectivity index (χ3v) is 10.4.